The fourth-order valence-corrected chi connectivity index (χ4v) is 3.39. The fraction of sp³-hybridized carbons (Fsp3) is 0.733. The number of nitrogens with one attached hydrogen (secondary N) is 1. The number of nitrogens with zero attached hydrogens (tertiary/aromatic N) is 2. The van der Waals surface area contributed by atoms with Crippen molar-refractivity contribution in [2.45, 2.75) is 52.0 Å². The van der Waals surface area contributed by atoms with Crippen LogP contribution in [0.15, 0.2) is 5.38 Å². The lowest BCUT2D eigenvalue weighted by Gasteiger charge is -2.28. The molecule has 1 aromatic heterocycles. The number of rotatable bonds is 7. The molecule has 128 valence electrons. The summed E-state index contributed by atoms with van der Waals surface area (Å²) >= 11 is 1.68. The van der Waals surface area contributed by atoms with Gasteiger partial charge in [-0.2, -0.15) is 0 Å². The fourth-order valence-electron chi connectivity index (χ4n) is 2.74. The molecule has 1 saturated heterocycles. The Morgan fingerprint density at radius 1 is 1.50 bits per heavy atom. The van der Waals surface area contributed by atoms with Crippen molar-refractivity contribution < 1.29 is 4.79 Å². The van der Waals surface area contributed by atoms with Crippen LogP contribution in [-0.2, 0) is 11.2 Å². The Bertz CT molecular complexity index is 436. The zero-order chi connectivity index (χ0) is 14.4. The van der Waals surface area contributed by atoms with Gasteiger partial charge < -0.3 is 10.2 Å². The highest BCUT2D eigenvalue weighted by Crippen LogP contribution is 2.14. The Balaban J connectivity index is 0.00000220. The zero-order valence-corrected chi connectivity index (χ0v) is 15.8. The Labute approximate surface area is 149 Å². The van der Waals surface area contributed by atoms with E-state index in [-0.39, 0.29) is 24.8 Å². The van der Waals surface area contributed by atoms with E-state index in [0.717, 1.165) is 56.0 Å². The molecule has 0 radical (unpaired) electrons. The van der Waals surface area contributed by atoms with E-state index < -0.39 is 0 Å². The Kier molecular flexibility index (Phi) is 11.0. The van der Waals surface area contributed by atoms with Gasteiger partial charge in [0, 0.05) is 30.9 Å². The molecule has 1 N–H and O–H groups in total. The maximum Gasteiger partial charge on any atom is 0.222 e. The van der Waals surface area contributed by atoms with Gasteiger partial charge in [0.25, 0.3) is 0 Å². The third-order valence-corrected chi connectivity index (χ3v) is 4.57. The summed E-state index contributed by atoms with van der Waals surface area (Å²) in [7, 11) is 0. The summed E-state index contributed by atoms with van der Waals surface area (Å²) in [5.74, 6) is 0.313. The largest absolute Gasteiger partial charge is 0.338 e. The van der Waals surface area contributed by atoms with Crippen LogP contribution in [0, 0.1) is 6.92 Å². The summed E-state index contributed by atoms with van der Waals surface area (Å²) in [6, 6.07) is 0.406. The molecule has 2 rings (SSSR count). The van der Waals surface area contributed by atoms with Crippen molar-refractivity contribution in [2.24, 2.45) is 0 Å². The van der Waals surface area contributed by atoms with E-state index in [4.69, 9.17) is 0 Å². The molecule has 1 aliphatic heterocycles. The van der Waals surface area contributed by atoms with Crippen LogP contribution in [0.1, 0.15) is 43.3 Å². The van der Waals surface area contributed by atoms with Gasteiger partial charge in [-0.15, -0.1) is 36.2 Å². The van der Waals surface area contributed by atoms with Crippen LogP contribution in [0.25, 0.3) is 0 Å². The molecule has 0 saturated carbocycles. The van der Waals surface area contributed by atoms with Crippen molar-refractivity contribution in [3.05, 3.63) is 16.1 Å². The molecule has 0 aliphatic carbocycles. The van der Waals surface area contributed by atoms with Crippen LogP contribution in [0.4, 0.5) is 0 Å². The predicted molar refractivity (Wildman–Crippen MR) is 97.6 cm³/mol. The molecule has 1 unspecified atom stereocenters. The summed E-state index contributed by atoms with van der Waals surface area (Å²) < 4.78 is 0. The number of halogens is 2. The monoisotopic (exact) mass is 367 g/mol. The Morgan fingerprint density at radius 2 is 2.27 bits per heavy atom. The van der Waals surface area contributed by atoms with Gasteiger partial charge in [-0.05, 0) is 39.2 Å². The van der Waals surface area contributed by atoms with Gasteiger partial charge in [0.15, 0.2) is 0 Å². The first-order valence-corrected chi connectivity index (χ1v) is 8.50. The molecule has 1 aromatic rings. The number of amides is 1. The van der Waals surface area contributed by atoms with E-state index in [2.05, 4.69) is 27.5 Å². The second-order valence-corrected chi connectivity index (χ2v) is 6.51. The van der Waals surface area contributed by atoms with Crippen molar-refractivity contribution >= 4 is 42.1 Å². The second-order valence-electron chi connectivity index (χ2n) is 5.45. The van der Waals surface area contributed by atoms with Crippen molar-refractivity contribution in [1.82, 2.24) is 15.2 Å². The number of aromatic nitrogens is 1. The van der Waals surface area contributed by atoms with Crippen LogP contribution in [-0.4, -0.2) is 41.5 Å². The minimum Gasteiger partial charge on any atom is -0.338 e. The maximum absolute atomic E-state index is 12.4. The molecule has 0 spiro atoms. The molecule has 22 heavy (non-hydrogen) atoms. The van der Waals surface area contributed by atoms with Gasteiger partial charge >= 0.3 is 0 Å². The molecule has 1 atom stereocenters. The Hall–Kier alpha value is -0.360. The lowest BCUT2D eigenvalue weighted by Crippen LogP contribution is -2.42. The highest BCUT2D eigenvalue weighted by Gasteiger charge is 2.25. The van der Waals surface area contributed by atoms with Crippen LogP contribution >= 0.6 is 36.2 Å². The number of thiazole rings is 1. The molecule has 7 heteroatoms. The standard InChI is InChI=1S/C15H25N3OS.2ClH/c1-3-9-18(14-7-8-16-10-14)15(19)6-4-5-13-11-20-12(2)17-13;;/h11,14,16H,3-10H2,1-2H3;2*1H. The molecule has 1 aliphatic rings. The van der Waals surface area contributed by atoms with Gasteiger partial charge in [-0.3, -0.25) is 4.79 Å². The third kappa shape index (κ3) is 6.41. The molecule has 1 fully saturated rings. The molecule has 0 bridgehead atoms. The third-order valence-electron chi connectivity index (χ3n) is 3.75. The van der Waals surface area contributed by atoms with Crippen LogP contribution in [0.5, 0.6) is 0 Å². The first kappa shape index (κ1) is 21.6. The Morgan fingerprint density at radius 3 is 2.82 bits per heavy atom. The average molecular weight is 368 g/mol. The lowest BCUT2D eigenvalue weighted by molar-refractivity contribution is -0.133. The predicted octanol–water partition coefficient (Wildman–Crippen LogP) is 3.22. The van der Waals surface area contributed by atoms with Crippen molar-refractivity contribution in [3.8, 4) is 0 Å². The zero-order valence-electron chi connectivity index (χ0n) is 13.3. The van der Waals surface area contributed by atoms with E-state index in [9.17, 15) is 4.79 Å². The van der Waals surface area contributed by atoms with Gasteiger partial charge in [-0.1, -0.05) is 6.92 Å². The van der Waals surface area contributed by atoms with E-state index >= 15 is 0 Å². The van der Waals surface area contributed by atoms with E-state index in [1.807, 2.05) is 6.92 Å². The highest BCUT2D eigenvalue weighted by molar-refractivity contribution is 7.09. The normalized spacial score (nSPS) is 16.7. The maximum atomic E-state index is 12.4. The molecule has 0 aromatic carbocycles. The SMILES string of the molecule is CCCN(C(=O)CCCc1csc(C)n1)C1CCNC1.Cl.Cl. The van der Waals surface area contributed by atoms with Gasteiger partial charge in [0.1, 0.15) is 0 Å². The molecular weight excluding hydrogens is 341 g/mol. The van der Waals surface area contributed by atoms with Crippen LogP contribution < -0.4 is 5.32 Å². The van der Waals surface area contributed by atoms with Gasteiger partial charge in [-0.25, -0.2) is 4.98 Å². The van der Waals surface area contributed by atoms with Gasteiger partial charge in [0.05, 0.1) is 10.7 Å². The van der Waals surface area contributed by atoms with Crippen LogP contribution in [0.3, 0.4) is 0 Å². The van der Waals surface area contributed by atoms with Gasteiger partial charge in [0.2, 0.25) is 5.91 Å². The van der Waals surface area contributed by atoms with Crippen molar-refractivity contribution in [1.29, 1.82) is 0 Å². The van der Waals surface area contributed by atoms with Crippen molar-refractivity contribution in [2.75, 3.05) is 19.6 Å². The van der Waals surface area contributed by atoms with E-state index in [1.165, 1.54) is 0 Å². The second kappa shape index (κ2) is 11.2. The van der Waals surface area contributed by atoms with Crippen LogP contribution in [0.2, 0.25) is 0 Å². The lowest BCUT2D eigenvalue weighted by atomic mass is 10.1. The molecule has 2 heterocycles. The van der Waals surface area contributed by atoms with E-state index in [1.54, 1.807) is 11.3 Å². The topological polar surface area (TPSA) is 45.2 Å². The summed E-state index contributed by atoms with van der Waals surface area (Å²) in [6.07, 6.45) is 4.60. The number of hydrogen-bond donors (Lipinski definition) is 1. The molecule has 1 amide bonds. The minimum absolute atomic E-state index is 0. The smallest absolute Gasteiger partial charge is 0.222 e. The van der Waals surface area contributed by atoms with E-state index in [0.29, 0.717) is 18.4 Å². The first-order chi connectivity index (χ1) is 9.70. The summed E-state index contributed by atoms with van der Waals surface area (Å²) in [5, 5.41) is 6.56. The van der Waals surface area contributed by atoms with Crippen molar-refractivity contribution in [3.63, 3.8) is 0 Å². The highest BCUT2D eigenvalue weighted by atomic mass is 35.5. The quantitative estimate of drug-likeness (QED) is 0.804. The number of carbonyl (C=O) groups is 1. The summed E-state index contributed by atoms with van der Waals surface area (Å²) in [4.78, 5) is 18.9. The molecular formula is C15H27Cl2N3OS. The molecule has 4 nitrogen and oxygen atoms in total. The summed E-state index contributed by atoms with van der Waals surface area (Å²) in [6.45, 7) is 7.05. The number of hydrogen-bond acceptors (Lipinski definition) is 4. The first-order valence-electron chi connectivity index (χ1n) is 7.62. The number of aryl methyl sites for hydroxylation is 2. The average Bonchev–Trinajstić information content (AvgIpc) is 3.07. The summed E-state index contributed by atoms with van der Waals surface area (Å²) in [5.41, 5.74) is 1.13. The number of carbonyl (C=O) groups excluding carboxylic acids is 1. The minimum atomic E-state index is 0.